The van der Waals surface area contributed by atoms with E-state index in [1.807, 2.05) is 0 Å². The second kappa shape index (κ2) is 6.02. The lowest BCUT2D eigenvalue weighted by atomic mass is 9.71. The molecule has 6 heteroatoms. The highest BCUT2D eigenvalue weighted by Crippen LogP contribution is 2.39. The van der Waals surface area contributed by atoms with Gasteiger partial charge in [-0.1, -0.05) is 13.3 Å². The molecule has 118 valence electrons. The molecule has 0 saturated heterocycles. The van der Waals surface area contributed by atoms with Crippen LogP contribution in [-0.2, 0) is 16.6 Å². The van der Waals surface area contributed by atoms with Crippen molar-refractivity contribution in [3.8, 4) is 0 Å². The molecule has 0 spiro atoms. The largest absolute Gasteiger partial charge is 0.316 e. The number of rotatable bonds is 6. The smallest absolute Gasteiger partial charge is 0.240 e. The van der Waals surface area contributed by atoms with Gasteiger partial charge in [-0.15, -0.1) is 0 Å². The van der Waals surface area contributed by atoms with Gasteiger partial charge in [0.15, 0.2) is 0 Å². The van der Waals surface area contributed by atoms with Gasteiger partial charge in [0, 0.05) is 18.7 Å². The first kappa shape index (κ1) is 16.4. The Morgan fingerprint density at radius 1 is 1.33 bits per heavy atom. The summed E-state index contributed by atoms with van der Waals surface area (Å²) < 4.78 is 41.5. The summed E-state index contributed by atoms with van der Waals surface area (Å²) in [6, 6.07) is 2.92. The molecule has 0 bridgehead atoms. The minimum absolute atomic E-state index is 0.0377. The van der Waals surface area contributed by atoms with Crippen LogP contribution in [0.3, 0.4) is 0 Å². The van der Waals surface area contributed by atoms with Crippen LogP contribution in [0, 0.1) is 18.2 Å². The predicted octanol–water partition coefficient (Wildman–Crippen LogP) is 2.32. The molecule has 21 heavy (non-hydrogen) atoms. The summed E-state index contributed by atoms with van der Waals surface area (Å²) in [5.74, 6) is -0.488. The van der Waals surface area contributed by atoms with E-state index in [1.165, 1.54) is 13.0 Å². The average Bonchev–Trinajstić information content (AvgIpc) is 2.38. The molecule has 0 unspecified atom stereocenters. The van der Waals surface area contributed by atoms with Gasteiger partial charge in [-0.05, 0) is 49.9 Å². The van der Waals surface area contributed by atoms with E-state index in [1.54, 1.807) is 13.1 Å². The van der Waals surface area contributed by atoms with Crippen LogP contribution in [0.15, 0.2) is 17.0 Å². The maximum Gasteiger partial charge on any atom is 0.240 e. The van der Waals surface area contributed by atoms with Crippen LogP contribution in [0.25, 0.3) is 0 Å². The summed E-state index contributed by atoms with van der Waals surface area (Å²) in [7, 11) is -1.94. The molecular weight excluding hydrogens is 291 g/mol. The van der Waals surface area contributed by atoms with Gasteiger partial charge in [0.2, 0.25) is 10.0 Å². The Morgan fingerprint density at radius 2 is 2.00 bits per heavy atom. The van der Waals surface area contributed by atoms with E-state index in [2.05, 4.69) is 17.0 Å². The average molecular weight is 314 g/mol. The van der Waals surface area contributed by atoms with Gasteiger partial charge in [0.1, 0.15) is 5.82 Å². The lowest BCUT2D eigenvalue weighted by molar-refractivity contribution is 0.166. The Hall–Kier alpha value is -0.980. The van der Waals surface area contributed by atoms with Gasteiger partial charge in [-0.25, -0.2) is 17.5 Å². The monoisotopic (exact) mass is 314 g/mol. The highest BCUT2D eigenvalue weighted by atomic mass is 32.2. The third kappa shape index (κ3) is 3.62. The molecule has 0 amide bonds. The zero-order valence-corrected chi connectivity index (χ0v) is 13.6. The Kier molecular flexibility index (Phi) is 4.70. The second-order valence-electron chi connectivity index (χ2n) is 6.22. The number of halogens is 1. The lowest BCUT2D eigenvalue weighted by Gasteiger charge is -2.38. The third-order valence-electron chi connectivity index (χ3n) is 4.28. The van der Waals surface area contributed by atoms with E-state index in [0.717, 1.165) is 19.3 Å². The van der Waals surface area contributed by atoms with Gasteiger partial charge >= 0.3 is 0 Å². The maximum atomic E-state index is 13.9. The van der Waals surface area contributed by atoms with Crippen molar-refractivity contribution < 1.29 is 12.8 Å². The number of hydrogen-bond donors (Lipinski definition) is 2. The first-order valence-corrected chi connectivity index (χ1v) is 8.69. The molecule has 2 rings (SSSR count). The third-order valence-corrected chi connectivity index (χ3v) is 5.80. The van der Waals surface area contributed by atoms with Crippen LogP contribution in [0.5, 0.6) is 0 Å². The minimum Gasteiger partial charge on any atom is -0.316 e. The van der Waals surface area contributed by atoms with E-state index < -0.39 is 15.8 Å². The Bertz CT molecular complexity index is 625. The van der Waals surface area contributed by atoms with Gasteiger partial charge < -0.3 is 5.32 Å². The van der Waals surface area contributed by atoms with E-state index in [9.17, 15) is 12.8 Å². The summed E-state index contributed by atoms with van der Waals surface area (Å²) in [6.07, 6.45) is 3.20. The second-order valence-corrected chi connectivity index (χ2v) is 7.96. The molecule has 4 nitrogen and oxygen atoms in total. The molecule has 1 aromatic rings. The van der Waals surface area contributed by atoms with Gasteiger partial charge in [0.05, 0.1) is 4.90 Å². The highest BCUT2D eigenvalue weighted by Gasteiger charge is 2.33. The highest BCUT2D eigenvalue weighted by molar-refractivity contribution is 7.89. The summed E-state index contributed by atoms with van der Waals surface area (Å²) in [5, 5.41) is 2.90. The van der Waals surface area contributed by atoms with Crippen LogP contribution in [-0.4, -0.2) is 22.0 Å². The van der Waals surface area contributed by atoms with Crippen molar-refractivity contribution in [2.45, 2.75) is 44.6 Å². The van der Waals surface area contributed by atoms with Crippen molar-refractivity contribution in [1.82, 2.24) is 10.0 Å². The van der Waals surface area contributed by atoms with Crippen molar-refractivity contribution in [1.29, 1.82) is 0 Å². The normalized spacial score (nSPS) is 17.5. The molecule has 2 N–H and O–H groups in total. The molecule has 1 saturated carbocycles. The zero-order valence-electron chi connectivity index (χ0n) is 12.8. The van der Waals surface area contributed by atoms with Crippen LogP contribution < -0.4 is 10.0 Å². The topological polar surface area (TPSA) is 58.2 Å². The Morgan fingerprint density at radius 3 is 2.52 bits per heavy atom. The van der Waals surface area contributed by atoms with E-state index in [0.29, 0.717) is 18.7 Å². The lowest BCUT2D eigenvalue weighted by Crippen LogP contribution is -2.40. The van der Waals surface area contributed by atoms with Crippen LogP contribution >= 0.6 is 0 Å². The van der Waals surface area contributed by atoms with Gasteiger partial charge in [-0.3, -0.25) is 0 Å². The molecule has 0 aliphatic heterocycles. The standard InChI is InChI=1S/C15H23FN2O2S/c1-11-13(16)7-12(9-17-3)8-14(11)21(19,20)18-10-15(2)5-4-6-15/h7-8,17-18H,4-6,9-10H2,1-3H3. The SMILES string of the molecule is CNCc1cc(F)c(C)c(S(=O)(=O)NCC2(C)CCC2)c1. The summed E-state index contributed by atoms with van der Waals surface area (Å²) in [4.78, 5) is 0.0377. The number of sulfonamides is 1. The summed E-state index contributed by atoms with van der Waals surface area (Å²) in [6.45, 7) is 4.41. The zero-order chi connectivity index (χ0) is 15.7. The van der Waals surface area contributed by atoms with Crippen molar-refractivity contribution in [3.05, 3.63) is 29.1 Å². The fourth-order valence-electron chi connectivity index (χ4n) is 2.60. The fourth-order valence-corrected chi connectivity index (χ4v) is 4.10. The summed E-state index contributed by atoms with van der Waals surface area (Å²) >= 11 is 0. The number of benzene rings is 1. The molecular formula is C15H23FN2O2S. The molecule has 1 fully saturated rings. The first-order chi connectivity index (χ1) is 9.77. The molecule has 1 aliphatic carbocycles. The molecule has 0 aromatic heterocycles. The molecule has 0 heterocycles. The van der Waals surface area contributed by atoms with E-state index in [-0.39, 0.29) is 15.9 Å². The van der Waals surface area contributed by atoms with E-state index in [4.69, 9.17) is 0 Å². The van der Waals surface area contributed by atoms with Crippen molar-refractivity contribution in [3.63, 3.8) is 0 Å². The minimum atomic E-state index is -3.68. The van der Waals surface area contributed by atoms with Crippen LogP contribution in [0.2, 0.25) is 0 Å². The Labute approximate surface area is 126 Å². The molecule has 1 aliphatic rings. The van der Waals surface area contributed by atoms with Crippen molar-refractivity contribution in [2.75, 3.05) is 13.6 Å². The summed E-state index contributed by atoms with van der Waals surface area (Å²) in [5.41, 5.74) is 0.833. The molecule has 0 atom stereocenters. The Balaban J connectivity index is 2.25. The fraction of sp³-hybridized carbons (Fsp3) is 0.600. The molecule has 0 radical (unpaired) electrons. The number of nitrogens with one attached hydrogen (secondary N) is 2. The van der Waals surface area contributed by atoms with E-state index >= 15 is 0 Å². The molecule has 1 aromatic carbocycles. The van der Waals surface area contributed by atoms with Crippen molar-refractivity contribution >= 4 is 10.0 Å². The van der Waals surface area contributed by atoms with Crippen molar-refractivity contribution in [2.24, 2.45) is 5.41 Å². The van der Waals surface area contributed by atoms with Gasteiger partial charge in [-0.2, -0.15) is 0 Å². The predicted molar refractivity (Wildman–Crippen MR) is 81.0 cm³/mol. The first-order valence-electron chi connectivity index (χ1n) is 7.21. The number of hydrogen-bond acceptors (Lipinski definition) is 3. The van der Waals surface area contributed by atoms with Crippen LogP contribution in [0.4, 0.5) is 4.39 Å². The quantitative estimate of drug-likeness (QED) is 0.847. The van der Waals surface area contributed by atoms with Gasteiger partial charge in [0.25, 0.3) is 0 Å². The van der Waals surface area contributed by atoms with Crippen LogP contribution in [0.1, 0.15) is 37.3 Å². The maximum absolute atomic E-state index is 13.9.